The van der Waals surface area contributed by atoms with Crippen molar-refractivity contribution in [3.05, 3.63) is 81.7 Å². The topological polar surface area (TPSA) is 76.0 Å². The highest BCUT2D eigenvalue weighted by Crippen LogP contribution is 2.17. The Labute approximate surface area is 149 Å². The van der Waals surface area contributed by atoms with Crippen molar-refractivity contribution in [2.45, 2.75) is 24.9 Å². The van der Waals surface area contributed by atoms with E-state index in [4.69, 9.17) is 4.42 Å². The number of nitrogens with one attached hydrogen (secondary N) is 1. The summed E-state index contributed by atoms with van der Waals surface area (Å²) in [6, 6.07) is 13.2. The maximum Gasteiger partial charge on any atom is 0.254 e. The molecule has 25 heavy (non-hydrogen) atoms. The molecule has 0 aliphatic carbocycles. The minimum Gasteiger partial charge on any atom is -0.461 e. The van der Waals surface area contributed by atoms with Gasteiger partial charge in [-0.3, -0.25) is 9.59 Å². The summed E-state index contributed by atoms with van der Waals surface area (Å²) in [7, 11) is 0. The molecule has 0 fully saturated rings. The van der Waals surface area contributed by atoms with Crippen molar-refractivity contribution in [2.75, 3.05) is 5.75 Å². The third kappa shape index (κ3) is 4.28. The molecular weight excluding hydrogens is 336 g/mol. The van der Waals surface area contributed by atoms with Gasteiger partial charge in [0.1, 0.15) is 0 Å². The average molecular weight is 354 g/mol. The Morgan fingerprint density at radius 2 is 2.00 bits per heavy atom. The lowest BCUT2D eigenvalue weighted by Gasteiger charge is -2.09. The van der Waals surface area contributed by atoms with E-state index in [0.29, 0.717) is 29.3 Å². The van der Waals surface area contributed by atoms with Crippen LogP contribution >= 0.6 is 11.8 Å². The van der Waals surface area contributed by atoms with E-state index in [2.05, 4.69) is 9.97 Å². The molecular formula is C19H18N2O3S. The molecule has 0 amide bonds. The maximum absolute atomic E-state index is 12.3. The second-order valence-corrected chi connectivity index (χ2v) is 6.47. The summed E-state index contributed by atoms with van der Waals surface area (Å²) < 4.78 is 5.09. The van der Waals surface area contributed by atoms with E-state index in [-0.39, 0.29) is 17.1 Å². The van der Waals surface area contributed by atoms with E-state index in [1.54, 1.807) is 12.1 Å². The first-order valence-corrected chi connectivity index (χ1v) is 9.01. The van der Waals surface area contributed by atoms with Crippen LogP contribution in [0.15, 0.2) is 63.1 Å². The van der Waals surface area contributed by atoms with E-state index < -0.39 is 0 Å². The van der Waals surface area contributed by atoms with Crippen LogP contribution in [0.3, 0.4) is 0 Å². The van der Waals surface area contributed by atoms with Crippen LogP contribution in [0, 0.1) is 0 Å². The molecule has 0 aliphatic heterocycles. The minimum absolute atomic E-state index is 0.137. The summed E-state index contributed by atoms with van der Waals surface area (Å²) in [5.74, 6) is 0.332. The van der Waals surface area contributed by atoms with Gasteiger partial charge in [-0.1, -0.05) is 49.0 Å². The van der Waals surface area contributed by atoms with Gasteiger partial charge in [0, 0.05) is 12.0 Å². The summed E-state index contributed by atoms with van der Waals surface area (Å²) in [4.78, 5) is 31.7. The lowest BCUT2D eigenvalue weighted by atomic mass is 10.1. The quantitative estimate of drug-likeness (QED) is 0.399. The fourth-order valence-electron chi connectivity index (χ4n) is 2.53. The molecule has 5 nitrogen and oxygen atoms in total. The lowest BCUT2D eigenvalue weighted by molar-refractivity contribution is 0.0992. The van der Waals surface area contributed by atoms with Gasteiger partial charge in [-0.05, 0) is 24.1 Å². The standard InChI is InChI=1S/C19H18N2O3S/c1-2-14-15(11-13-7-4-3-5-8-13)20-19(21-18(14)23)25-12-16(22)17-9-6-10-24-17/h3-10H,2,11-12H2,1H3,(H,20,21,23). The molecule has 3 aromatic rings. The van der Waals surface area contributed by atoms with Crippen LogP contribution in [0.1, 0.15) is 34.3 Å². The number of hydrogen-bond donors (Lipinski definition) is 1. The highest BCUT2D eigenvalue weighted by molar-refractivity contribution is 7.99. The second kappa shape index (κ2) is 7.98. The van der Waals surface area contributed by atoms with Crippen LogP contribution in [0.5, 0.6) is 0 Å². The van der Waals surface area contributed by atoms with Crippen LogP contribution in [-0.2, 0) is 12.8 Å². The largest absolute Gasteiger partial charge is 0.461 e. The van der Waals surface area contributed by atoms with Gasteiger partial charge in [0.25, 0.3) is 5.56 Å². The Balaban J connectivity index is 1.80. The summed E-state index contributed by atoms with van der Waals surface area (Å²) in [6.45, 7) is 1.94. The number of aromatic nitrogens is 2. The number of carbonyl (C=O) groups is 1. The third-order valence-corrected chi connectivity index (χ3v) is 4.66. The lowest BCUT2D eigenvalue weighted by Crippen LogP contribution is -2.19. The SMILES string of the molecule is CCc1c(Cc2ccccc2)nc(SCC(=O)c2ccco2)[nH]c1=O. The molecule has 0 aliphatic rings. The number of carbonyl (C=O) groups excluding carboxylic acids is 1. The average Bonchev–Trinajstić information content (AvgIpc) is 3.15. The number of Topliss-reactive ketones (excluding diaryl/α,β-unsaturated/α-hetero) is 1. The van der Waals surface area contributed by atoms with E-state index in [9.17, 15) is 9.59 Å². The van der Waals surface area contributed by atoms with Crippen LogP contribution < -0.4 is 5.56 Å². The maximum atomic E-state index is 12.3. The molecule has 3 rings (SSSR count). The van der Waals surface area contributed by atoms with Crippen molar-refractivity contribution in [3.63, 3.8) is 0 Å². The molecule has 0 atom stereocenters. The van der Waals surface area contributed by atoms with Crippen molar-refractivity contribution in [3.8, 4) is 0 Å². The van der Waals surface area contributed by atoms with Gasteiger partial charge in [-0.25, -0.2) is 4.98 Å². The Kier molecular flexibility index (Phi) is 5.50. The summed E-state index contributed by atoms with van der Waals surface area (Å²) in [5, 5.41) is 0.452. The highest BCUT2D eigenvalue weighted by atomic mass is 32.2. The minimum atomic E-state index is -0.142. The number of thioether (sulfide) groups is 1. The molecule has 0 saturated heterocycles. The zero-order valence-electron chi connectivity index (χ0n) is 13.8. The number of ketones is 1. The van der Waals surface area contributed by atoms with E-state index >= 15 is 0 Å². The number of aromatic amines is 1. The molecule has 0 spiro atoms. The summed E-state index contributed by atoms with van der Waals surface area (Å²) >= 11 is 1.21. The fourth-order valence-corrected chi connectivity index (χ4v) is 3.28. The summed E-state index contributed by atoms with van der Waals surface area (Å²) in [5.41, 5.74) is 2.39. The van der Waals surface area contributed by atoms with Crippen molar-refractivity contribution >= 4 is 17.5 Å². The number of furan rings is 1. The van der Waals surface area contributed by atoms with Crippen LogP contribution in [0.2, 0.25) is 0 Å². The Hall–Kier alpha value is -2.60. The van der Waals surface area contributed by atoms with E-state index in [0.717, 1.165) is 11.3 Å². The smallest absolute Gasteiger partial charge is 0.254 e. The number of hydrogen-bond acceptors (Lipinski definition) is 5. The van der Waals surface area contributed by atoms with Gasteiger partial charge >= 0.3 is 0 Å². The van der Waals surface area contributed by atoms with Crippen molar-refractivity contribution in [2.24, 2.45) is 0 Å². The zero-order valence-corrected chi connectivity index (χ0v) is 14.6. The molecule has 1 aromatic carbocycles. The van der Waals surface area contributed by atoms with Crippen molar-refractivity contribution in [1.29, 1.82) is 0 Å². The third-order valence-electron chi connectivity index (χ3n) is 3.78. The predicted octanol–water partition coefficient (Wildman–Crippen LogP) is 3.49. The molecule has 1 N–H and O–H groups in total. The molecule has 0 saturated carbocycles. The van der Waals surface area contributed by atoms with Gasteiger partial charge in [0.2, 0.25) is 5.78 Å². The molecule has 6 heteroatoms. The monoisotopic (exact) mass is 354 g/mol. The van der Waals surface area contributed by atoms with Gasteiger partial charge in [0.05, 0.1) is 17.7 Å². The fraction of sp³-hybridized carbons (Fsp3) is 0.211. The zero-order chi connectivity index (χ0) is 17.6. The number of nitrogens with zero attached hydrogens (tertiary/aromatic N) is 1. The molecule has 0 unspecified atom stereocenters. The first-order chi connectivity index (χ1) is 12.2. The highest BCUT2D eigenvalue weighted by Gasteiger charge is 2.14. The number of H-pyrrole nitrogens is 1. The number of benzene rings is 1. The second-order valence-electron chi connectivity index (χ2n) is 5.50. The van der Waals surface area contributed by atoms with Crippen LogP contribution in [0.4, 0.5) is 0 Å². The first kappa shape index (κ1) is 17.2. The van der Waals surface area contributed by atoms with Gasteiger partial charge in [-0.2, -0.15) is 0 Å². The molecule has 2 aromatic heterocycles. The number of rotatable bonds is 7. The normalized spacial score (nSPS) is 10.8. The Morgan fingerprint density at radius 1 is 1.20 bits per heavy atom. The van der Waals surface area contributed by atoms with Gasteiger partial charge in [-0.15, -0.1) is 0 Å². The van der Waals surface area contributed by atoms with Crippen molar-refractivity contribution < 1.29 is 9.21 Å². The molecule has 0 radical (unpaired) electrons. The van der Waals surface area contributed by atoms with Gasteiger partial charge < -0.3 is 9.40 Å². The summed E-state index contributed by atoms with van der Waals surface area (Å²) in [6.07, 6.45) is 2.67. The van der Waals surface area contributed by atoms with E-state index in [1.165, 1.54) is 18.0 Å². The predicted molar refractivity (Wildman–Crippen MR) is 97.2 cm³/mol. The Bertz CT molecular complexity index is 902. The molecule has 0 bridgehead atoms. The first-order valence-electron chi connectivity index (χ1n) is 8.03. The van der Waals surface area contributed by atoms with E-state index in [1.807, 2.05) is 37.3 Å². The van der Waals surface area contributed by atoms with Gasteiger partial charge in [0.15, 0.2) is 10.9 Å². The van der Waals surface area contributed by atoms with Crippen LogP contribution in [0.25, 0.3) is 0 Å². The molecule has 128 valence electrons. The van der Waals surface area contributed by atoms with Crippen LogP contribution in [-0.4, -0.2) is 21.5 Å². The van der Waals surface area contributed by atoms with Crippen molar-refractivity contribution in [1.82, 2.24) is 9.97 Å². The molecule has 2 heterocycles. The Morgan fingerprint density at radius 3 is 2.68 bits per heavy atom.